The molecule has 0 saturated carbocycles. The minimum atomic E-state index is 0.0274. The fraction of sp³-hybridized carbons (Fsp3) is 0.364. The van der Waals surface area contributed by atoms with Crippen molar-refractivity contribution in [2.45, 2.75) is 6.92 Å². The highest BCUT2D eigenvalue weighted by Gasteiger charge is 2.11. The summed E-state index contributed by atoms with van der Waals surface area (Å²) in [5, 5.41) is 3.28. The van der Waals surface area contributed by atoms with E-state index in [2.05, 4.69) is 5.32 Å². The summed E-state index contributed by atoms with van der Waals surface area (Å²) in [7, 11) is 3.29. The summed E-state index contributed by atoms with van der Waals surface area (Å²) in [6.07, 6.45) is 0. The molecule has 1 aromatic rings. The molecule has 15 heavy (non-hydrogen) atoms. The predicted molar refractivity (Wildman–Crippen MR) is 61.0 cm³/mol. The van der Waals surface area contributed by atoms with Crippen LogP contribution in [0.5, 0.6) is 5.75 Å². The number of likely N-dealkylation sites (N-methyl/N-ethyl adjacent to an activating group) is 1. The van der Waals surface area contributed by atoms with Crippen molar-refractivity contribution in [2.75, 3.05) is 20.7 Å². The number of aryl methyl sites for hydroxylation is 1. The van der Waals surface area contributed by atoms with Gasteiger partial charge in [0.15, 0.2) is 5.78 Å². The summed E-state index contributed by atoms with van der Waals surface area (Å²) >= 11 is 5.95. The normalized spacial score (nSPS) is 10.1. The molecule has 0 aliphatic carbocycles. The molecule has 1 aromatic carbocycles. The maximum absolute atomic E-state index is 11.7. The molecule has 0 saturated heterocycles. The van der Waals surface area contributed by atoms with Gasteiger partial charge in [-0.05, 0) is 31.7 Å². The molecule has 1 N–H and O–H groups in total. The highest BCUT2D eigenvalue weighted by molar-refractivity contribution is 6.32. The minimum Gasteiger partial charge on any atom is -0.495 e. The van der Waals surface area contributed by atoms with Crippen LogP contribution >= 0.6 is 11.6 Å². The minimum absolute atomic E-state index is 0.0274. The second-order valence-electron chi connectivity index (χ2n) is 3.26. The van der Waals surface area contributed by atoms with Crippen LogP contribution < -0.4 is 10.1 Å². The second kappa shape index (κ2) is 5.14. The van der Waals surface area contributed by atoms with Crippen LogP contribution in [0.4, 0.5) is 0 Å². The average molecular weight is 228 g/mol. The molecule has 0 amide bonds. The van der Waals surface area contributed by atoms with E-state index < -0.39 is 0 Å². The molecule has 0 aliphatic rings. The number of hydrogen-bond donors (Lipinski definition) is 1. The van der Waals surface area contributed by atoms with Crippen LogP contribution in [0.1, 0.15) is 15.9 Å². The van der Waals surface area contributed by atoms with Crippen molar-refractivity contribution in [3.05, 3.63) is 28.3 Å². The number of methoxy groups -OCH3 is 1. The van der Waals surface area contributed by atoms with Gasteiger partial charge in [0.25, 0.3) is 0 Å². The Hall–Kier alpha value is -1.06. The zero-order valence-corrected chi connectivity index (χ0v) is 9.81. The summed E-state index contributed by atoms with van der Waals surface area (Å²) in [6.45, 7) is 2.17. The molecule has 0 radical (unpaired) electrons. The molecule has 0 aliphatic heterocycles. The molecule has 82 valence electrons. The van der Waals surface area contributed by atoms with Gasteiger partial charge in [0.05, 0.1) is 18.7 Å². The van der Waals surface area contributed by atoms with Crippen LogP contribution in [0.2, 0.25) is 5.02 Å². The van der Waals surface area contributed by atoms with Gasteiger partial charge in [-0.2, -0.15) is 0 Å². The third-order valence-electron chi connectivity index (χ3n) is 2.14. The predicted octanol–water partition coefficient (Wildman–Crippen LogP) is 2.06. The number of halogens is 1. The van der Waals surface area contributed by atoms with E-state index in [1.807, 2.05) is 6.92 Å². The van der Waals surface area contributed by atoms with Crippen LogP contribution in [0.15, 0.2) is 12.1 Å². The first-order valence-electron chi connectivity index (χ1n) is 4.62. The number of carbonyl (C=O) groups is 1. The average Bonchev–Trinajstić information content (AvgIpc) is 2.21. The SMILES string of the molecule is CNCC(=O)c1cc(Cl)c(OC)cc1C. The summed E-state index contributed by atoms with van der Waals surface area (Å²) in [4.78, 5) is 11.7. The number of rotatable bonds is 4. The summed E-state index contributed by atoms with van der Waals surface area (Å²) in [6, 6.07) is 3.42. The fourth-order valence-corrected chi connectivity index (χ4v) is 1.61. The van der Waals surface area contributed by atoms with Gasteiger partial charge in [-0.15, -0.1) is 0 Å². The van der Waals surface area contributed by atoms with Gasteiger partial charge >= 0.3 is 0 Å². The van der Waals surface area contributed by atoms with Gasteiger partial charge in [0, 0.05) is 5.56 Å². The molecule has 4 heteroatoms. The first kappa shape index (κ1) is 12.0. The standard InChI is InChI=1S/C11H14ClNO2/c1-7-4-11(15-3)9(12)5-8(7)10(14)6-13-2/h4-5,13H,6H2,1-3H3. The van der Waals surface area contributed by atoms with Crippen molar-refractivity contribution in [2.24, 2.45) is 0 Å². The number of benzene rings is 1. The van der Waals surface area contributed by atoms with E-state index in [4.69, 9.17) is 16.3 Å². The molecule has 0 fully saturated rings. The van der Waals surface area contributed by atoms with Crippen LogP contribution in [0.25, 0.3) is 0 Å². The Morgan fingerprint density at radius 1 is 1.53 bits per heavy atom. The van der Waals surface area contributed by atoms with E-state index in [1.165, 1.54) is 0 Å². The number of ether oxygens (including phenoxy) is 1. The Bertz CT molecular complexity index is 377. The Balaban J connectivity index is 3.10. The van der Waals surface area contributed by atoms with Crippen LogP contribution in [-0.4, -0.2) is 26.5 Å². The van der Waals surface area contributed by atoms with Crippen molar-refractivity contribution >= 4 is 17.4 Å². The molecule has 0 bridgehead atoms. The van der Waals surface area contributed by atoms with Crippen molar-refractivity contribution in [3.63, 3.8) is 0 Å². The number of hydrogen-bond acceptors (Lipinski definition) is 3. The summed E-state index contributed by atoms with van der Waals surface area (Å²) < 4.78 is 5.06. The maximum atomic E-state index is 11.7. The van der Waals surface area contributed by atoms with Crippen molar-refractivity contribution in [1.29, 1.82) is 0 Å². The molecule has 0 aromatic heterocycles. The van der Waals surface area contributed by atoms with Gasteiger partial charge in [-0.1, -0.05) is 11.6 Å². The molecule has 0 spiro atoms. The van der Waals surface area contributed by atoms with E-state index in [0.717, 1.165) is 5.56 Å². The topological polar surface area (TPSA) is 38.3 Å². The Morgan fingerprint density at radius 2 is 2.20 bits per heavy atom. The monoisotopic (exact) mass is 227 g/mol. The van der Waals surface area contributed by atoms with E-state index in [0.29, 0.717) is 22.9 Å². The van der Waals surface area contributed by atoms with E-state index in [-0.39, 0.29) is 5.78 Å². The van der Waals surface area contributed by atoms with Crippen LogP contribution in [0.3, 0.4) is 0 Å². The van der Waals surface area contributed by atoms with Crippen LogP contribution in [0, 0.1) is 6.92 Å². The number of carbonyl (C=O) groups excluding carboxylic acids is 1. The zero-order chi connectivity index (χ0) is 11.4. The Kier molecular flexibility index (Phi) is 4.12. The number of Topliss-reactive ketones (excluding diaryl/α,β-unsaturated/α-hetero) is 1. The fourth-order valence-electron chi connectivity index (χ4n) is 1.37. The lowest BCUT2D eigenvalue weighted by atomic mass is 10.0. The lowest BCUT2D eigenvalue weighted by Gasteiger charge is -2.09. The molecule has 0 heterocycles. The first-order chi connectivity index (χ1) is 7.10. The van der Waals surface area contributed by atoms with Gasteiger partial charge in [-0.25, -0.2) is 0 Å². The van der Waals surface area contributed by atoms with Gasteiger partial charge in [0.1, 0.15) is 5.75 Å². The van der Waals surface area contributed by atoms with E-state index in [1.54, 1.807) is 26.3 Å². The van der Waals surface area contributed by atoms with Crippen molar-refractivity contribution in [1.82, 2.24) is 5.32 Å². The zero-order valence-electron chi connectivity index (χ0n) is 9.06. The van der Waals surface area contributed by atoms with Crippen molar-refractivity contribution < 1.29 is 9.53 Å². The number of nitrogens with one attached hydrogen (secondary N) is 1. The third kappa shape index (κ3) is 2.70. The van der Waals surface area contributed by atoms with Crippen molar-refractivity contribution in [3.8, 4) is 5.75 Å². The molecule has 0 unspecified atom stereocenters. The smallest absolute Gasteiger partial charge is 0.176 e. The van der Waals surface area contributed by atoms with E-state index >= 15 is 0 Å². The Morgan fingerprint density at radius 3 is 2.73 bits per heavy atom. The second-order valence-corrected chi connectivity index (χ2v) is 3.66. The maximum Gasteiger partial charge on any atom is 0.176 e. The van der Waals surface area contributed by atoms with E-state index in [9.17, 15) is 4.79 Å². The van der Waals surface area contributed by atoms with Gasteiger partial charge < -0.3 is 10.1 Å². The Labute approximate surface area is 94.4 Å². The molecule has 1 rings (SSSR count). The lowest BCUT2D eigenvalue weighted by molar-refractivity contribution is 0.0993. The molecular weight excluding hydrogens is 214 g/mol. The molecule has 3 nitrogen and oxygen atoms in total. The first-order valence-corrected chi connectivity index (χ1v) is 5.00. The highest BCUT2D eigenvalue weighted by atomic mass is 35.5. The van der Waals surface area contributed by atoms with Crippen LogP contribution in [-0.2, 0) is 0 Å². The third-order valence-corrected chi connectivity index (χ3v) is 2.43. The lowest BCUT2D eigenvalue weighted by Crippen LogP contribution is -2.19. The van der Waals surface area contributed by atoms with Gasteiger partial charge in [0.2, 0.25) is 0 Å². The molecule has 0 atom stereocenters. The number of ketones is 1. The largest absolute Gasteiger partial charge is 0.495 e. The summed E-state index contributed by atoms with van der Waals surface area (Å²) in [5.74, 6) is 0.620. The molecular formula is C11H14ClNO2. The summed E-state index contributed by atoms with van der Waals surface area (Å²) in [5.41, 5.74) is 1.51. The quantitative estimate of drug-likeness (QED) is 0.801. The van der Waals surface area contributed by atoms with Gasteiger partial charge in [-0.3, -0.25) is 4.79 Å². The highest BCUT2D eigenvalue weighted by Crippen LogP contribution is 2.27.